The fourth-order valence-corrected chi connectivity index (χ4v) is 3.00. The third-order valence-electron chi connectivity index (χ3n) is 4.37. The van der Waals surface area contributed by atoms with E-state index in [2.05, 4.69) is 15.4 Å². The van der Waals surface area contributed by atoms with Gasteiger partial charge in [0.05, 0.1) is 17.8 Å². The molecule has 27 heavy (non-hydrogen) atoms. The molecule has 146 valence electrons. The van der Waals surface area contributed by atoms with Crippen LogP contribution in [0.5, 0.6) is 0 Å². The van der Waals surface area contributed by atoms with Crippen LogP contribution in [0.4, 0.5) is 18.9 Å². The molecule has 0 atom stereocenters. The Labute approximate surface area is 154 Å². The lowest BCUT2D eigenvalue weighted by atomic mass is 10.2. The molecule has 0 bridgehead atoms. The molecule has 1 aliphatic rings. The van der Waals surface area contributed by atoms with Gasteiger partial charge in [-0.05, 0) is 25.1 Å². The first kappa shape index (κ1) is 19.4. The highest BCUT2D eigenvalue weighted by atomic mass is 19.4. The number of aryl methyl sites for hydroxylation is 1. The number of hydrogen-bond acceptors (Lipinski definition) is 5. The Bertz CT molecular complexity index is 783. The molecule has 1 fully saturated rings. The maximum Gasteiger partial charge on any atom is 0.416 e. The van der Waals surface area contributed by atoms with Crippen LogP contribution >= 0.6 is 0 Å². The normalized spacial score (nSPS) is 16.4. The summed E-state index contributed by atoms with van der Waals surface area (Å²) in [5.74, 6) is 0.449. The number of piperazine rings is 1. The summed E-state index contributed by atoms with van der Waals surface area (Å²) in [6, 6.07) is 6.55. The van der Waals surface area contributed by atoms with Gasteiger partial charge < -0.3 is 9.84 Å². The van der Waals surface area contributed by atoms with Gasteiger partial charge in [-0.25, -0.2) is 0 Å². The SMILES string of the molecule is Cc1cc(CN2CCN(CC(=O)Nc3cccc(C(F)(F)F)c3)CC2)no1. The number of anilines is 1. The van der Waals surface area contributed by atoms with Gasteiger partial charge in [-0.1, -0.05) is 11.2 Å². The molecule has 0 spiro atoms. The molecular weight excluding hydrogens is 361 g/mol. The maximum atomic E-state index is 12.7. The number of carbonyl (C=O) groups is 1. The Morgan fingerprint density at radius 2 is 1.89 bits per heavy atom. The van der Waals surface area contributed by atoms with Crippen LogP contribution in [-0.4, -0.2) is 53.6 Å². The van der Waals surface area contributed by atoms with E-state index in [9.17, 15) is 18.0 Å². The first-order valence-electron chi connectivity index (χ1n) is 8.63. The van der Waals surface area contributed by atoms with E-state index in [1.807, 2.05) is 17.9 Å². The molecule has 6 nitrogen and oxygen atoms in total. The van der Waals surface area contributed by atoms with Crippen molar-refractivity contribution in [2.45, 2.75) is 19.6 Å². The molecule has 0 aliphatic carbocycles. The van der Waals surface area contributed by atoms with Gasteiger partial charge in [0.2, 0.25) is 5.91 Å². The molecule has 0 radical (unpaired) electrons. The number of aromatic nitrogens is 1. The molecule has 2 aromatic rings. The standard InChI is InChI=1S/C18H21F3N4O2/c1-13-9-16(23-27-13)11-24-5-7-25(8-6-24)12-17(26)22-15-4-2-3-14(10-15)18(19,20)21/h2-4,9-10H,5-8,11-12H2,1H3,(H,22,26). The van der Waals surface area contributed by atoms with E-state index in [1.54, 1.807) is 0 Å². The van der Waals surface area contributed by atoms with Gasteiger partial charge in [-0.3, -0.25) is 14.6 Å². The predicted molar refractivity (Wildman–Crippen MR) is 93.0 cm³/mol. The summed E-state index contributed by atoms with van der Waals surface area (Å²) >= 11 is 0. The van der Waals surface area contributed by atoms with Crippen molar-refractivity contribution in [1.29, 1.82) is 0 Å². The second-order valence-corrected chi connectivity index (χ2v) is 6.61. The minimum atomic E-state index is -4.43. The third kappa shape index (κ3) is 5.54. The van der Waals surface area contributed by atoms with Crippen LogP contribution in [0.25, 0.3) is 0 Å². The van der Waals surface area contributed by atoms with Crippen molar-refractivity contribution in [1.82, 2.24) is 15.0 Å². The van der Waals surface area contributed by atoms with Crippen LogP contribution in [-0.2, 0) is 17.5 Å². The topological polar surface area (TPSA) is 61.6 Å². The van der Waals surface area contributed by atoms with Crippen LogP contribution < -0.4 is 5.32 Å². The Morgan fingerprint density at radius 1 is 1.19 bits per heavy atom. The molecule has 1 N–H and O–H groups in total. The smallest absolute Gasteiger partial charge is 0.361 e. The van der Waals surface area contributed by atoms with Crippen molar-refractivity contribution < 1.29 is 22.5 Å². The maximum absolute atomic E-state index is 12.7. The summed E-state index contributed by atoms with van der Waals surface area (Å²) in [5, 5.41) is 6.51. The number of amides is 1. The summed E-state index contributed by atoms with van der Waals surface area (Å²) in [5.41, 5.74) is 0.245. The van der Waals surface area contributed by atoms with Crippen LogP contribution in [0.3, 0.4) is 0 Å². The van der Waals surface area contributed by atoms with Crippen molar-refractivity contribution in [3.63, 3.8) is 0 Å². The zero-order valence-corrected chi connectivity index (χ0v) is 14.9. The Hall–Kier alpha value is -2.39. The second-order valence-electron chi connectivity index (χ2n) is 6.61. The summed E-state index contributed by atoms with van der Waals surface area (Å²) in [6.45, 7) is 5.65. The average molecular weight is 382 g/mol. The van der Waals surface area contributed by atoms with Gasteiger partial charge in [-0.15, -0.1) is 0 Å². The molecule has 1 aromatic carbocycles. The Balaban J connectivity index is 1.45. The summed E-state index contributed by atoms with van der Waals surface area (Å²) in [6.07, 6.45) is -4.43. The lowest BCUT2D eigenvalue weighted by Gasteiger charge is -2.33. The quantitative estimate of drug-likeness (QED) is 0.862. The highest BCUT2D eigenvalue weighted by molar-refractivity contribution is 5.92. The van der Waals surface area contributed by atoms with E-state index in [1.165, 1.54) is 12.1 Å². The molecule has 0 unspecified atom stereocenters. The highest BCUT2D eigenvalue weighted by Gasteiger charge is 2.30. The van der Waals surface area contributed by atoms with E-state index < -0.39 is 11.7 Å². The van der Waals surface area contributed by atoms with Crippen molar-refractivity contribution in [2.75, 3.05) is 38.0 Å². The van der Waals surface area contributed by atoms with E-state index >= 15 is 0 Å². The summed E-state index contributed by atoms with van der Waals surface area (Å²) < 4.78 is 43.3. The van der Waals surface area contributed by atoms with Gasteiger partial charge in [0.25, 0.3) is 0 Å². The van der Waals surface area contributed by atoms with Crippen molar-refractivity contribution in [3.8, 4) is 0 Å². The summed E-state index contributed by atoms with van der Waals surface area (Å²) in [4.78, 5) is 16.3. The number of nitrogens with one attached hydrogen (secondary N) is 1. The lowest BCUT2D eigenvalue weighted by molar-refractivity contribution is -0.137. The first-order valence-corrected chi connectivity index (χ1v) is 8.63. The summed E-state index contributed by atoms with van der Waals surface area (Å²) in [7, 11) is 0. The fraction of sp³-hybridized carbons (Fsp3) is 0.444. The van der Waals surface area contributed by atoms with E-state index in [0.29, 0.717) is 19.6 Å². The average Bonchev–Trinajstić information content (AvgIpc) is 3.01. The molecule has 9 heteroatoms. The molecule has 1 amide bonds. The number of carbonyl (C=O) groups excluding carboxylic acids is 1. The molecule has 0 saturated carbocycles. The van der Waals surface area contributed by atoms with Gasteiger partial charge >= 0.3 is 6.18 Å². The largest absolute Gasteiger partial charge is 0.416 e. The van der Waals surface area contributed by atoms with E-state index in [0.717, 1.165) is 36.7 Å². The Morgan fingerprint density at radius 3 is 2.52 bits per heavy atom. The first-order chi connectivity index (χ1) is 12.8. The van der Waals surface area contributed by atoms with Crippen LogP contribution in [0.2, 0.25) is 0 Å². The van der Waals surface area contributed by atoms with Gasteiger partial charge in [0.1, 0.15) is 5.76 Å². The van der Waals surface area contributed by atoms with Crippen LogP contribution in [0, 0.1) is 6.92 Å². The monoisotopic (exact) mass is 382 g/mol. The minimum Gasteiger partial charge on any atom is -0.361 e. The van der Waals surface area contributed by atoms with Crippen molar-refractivity contribution >= 4 is 11.6 Å². The van der Waals surface area contributed by atoms with Gasteiger partial charge in [-0.2, -0.15) is 13.2 Å². The number of rotatable bonds is 5. The fourth-order valence-electron chi connectivity index (χ4n) is 3.00. The third-order valence-corrected chi connectivity index (χ3v) is 4.37. The van der Waals surface area contributed by atoms with E-state index in [4.69, 9.17) is 4.52 Å². The molecular formula is C18H21F3N4O2. The molecule has 1 saturated heterocycles. The Kier molecular flexibility index (Phi) is 5.81. The molecule has 3 rings (SSSR count). The van der Waals surface area contributed by atoms with Gasteiger partial charge in [0.15, 0.2) is 0 Å². The molecule has 1 aromatic heterocycles. The van der Waals surface area contributed by atoms with Crippen LogP contribution in [0.15, 0.2) is 34.9 Å². The number of benzene rings is 1. The molecule has 2 heterocycles. The van der Waals surface area contributed by atoms with Gasteiger partial charge in [0, 0.05) is 44.5 Å². The lowest BCUT2D eigenvalue weighted by Crippen LogP contribution is -2.48. The number of nitrogens with zero attached hydrogens (tertiary/aromatic N) is 3. The minimum absolute atomic E-state index is 0.146. The van der Waals surface area contributed by atoms with E-state index in [-0.39, 0.29) is 18.1 Å². The second kappa shape index (κ2) is 8.10. The van der Waals surface area contributed by atoms with Crippen LogP contribution in [0.1, 0.15) is 17.0 Å². The van der Waals surface area contributed by atoms with Crippen molar-refractivity contribution in [2.24, 2.45) is 0 Å². The number of hydrogen-bond donors (Lipinski definition) is 1. The predicted octanol–water partition coefficient (Wildman–Crippen LogP) is 2.76. The van der Waals surface area contributed by atoms with Crippen molar-refractivity contribution in [3.05, 3.63) is 47.3 Å². The molecule has 1 aliphatic heterocycles. The highest BCUT2D eigenvalue weighted by Crippen LogP contribution is 2.30. The number of alkyl halides is 3. The number of halogens is 3. The zero-order chi connectivity index (χ0) is 19.4. The zero-order valence-electron chi connectivity index (χ0n) is 14.9.